The van der Waals surface area contributed by atoms with Gasteiger partial charge >= 0.3 is 0 Å². The third-order valence-corrected chi connectivity index (χ3v) is 3.47. The van der Waals surface area contributed by atoms with E-state index in [1.165, 1.54) is 0 Å². The molecule has 0 aliphatic carbocycles. The third kappa shape index (κ3) is 4.40. The van der Waals surface area contributed by atoms with Crippen LogP contribution in [0, 0.1) is 5.41 Å². The molecule has 0 saturated carbocycles. The average molecular weight is 232 g/mol. The van der Waals surface area contributed by atoms with Crippen LogP contribution in [0.2, 0.25) is 0 Å². The van der Waals surface area contributed by atoms with Crippen molar-refractivity contribution >= 4 is 17.7 Å². The lowest BCUT2D eigenvalue weighted by Crippen LogP contribution is -2.50. The van der Waals surface area contributed by atoms with Crippen LogP contribution in [0.15, 0.2) is 0 Å². The van der Waals surface area contributed by atoms with Gasteiger partial charge in [0, 0.05) is 36.6 Å². The summed E-state index contributed by atoms with van der Waals surface area (Å²) in [5, 5.41) is 15.1. The van der Waals surface area contributed by atoms with Crippen LogP contribution >= 0.6 is 11.8 Å². The number of nitrogens with one attached hydrogen (secondary N) is 2. The molecule has 1 unspecified atom stereocenters. The molecule has 1 saturated heterocycles. The normalized spacial score (nSPS) is 22.5. The molecule has 3 N–H and O–H groups in total. The van der Waals surface area contributed by atoms with E-state index in [1.807, 2.05) is 13.8 Å². The maximum absolute atomic E-state index is 11.7. The van der Waals surface area contributed by atoms with Gasteiger partial charge < -0.3 is 15.7 Å². The monoisotopic (exact) mass is 232 g/mol. The average Bonchev–Trinajstić information content (AvgIpc) is 2.27. The molecule has 1 atom stereocenters. The molecule has 0 aromatic rings. The number of hydrogen-bond acceptors (Lipinski definition) is 4. The fourth-order valence-corrected chi connectivity index (χ4v) is 2.17. The fourth-order valence-electron chi connectivity index (χ4n) is 1.24. The summed E-state index contributed by atoms with van der Waals surface area (Å²) in [6, 6.07) is -0.0711. The minimum atomic E-state index is -0.239. The number of thioether (sulfide) groups is 1. The zero-order valence-corrected chi connectivity index (χ0v) is 10.2. The number of hydrogen-bond donors (Lipinski definition) is 3. The fraction of sp³-hybridized carbons (Fsp3) is 0.900. The minimum Gasteiger partial charge on any atom is -0.396 e. The van der Waals surface area contributed by atoms with E-state index >= 15 is 0 Å². The predicted molar refractivity (Wildman–Crippen MR) is 63.0 cm³/mol. The topological polar surface area (TPSA) is 61.4 Å². The molecule has 15 heavy (non-hydrogen) atoms. The number of aliphatic hydroxyl groups excluding tert-OH is 1. The molecular weight excluding hydrogens is 212 g/mol. The molecular formula is C10H20N2O2S. The second-order valence-electron chi connectivity index (χ2n) is 4.62. The van der Waals surface area contributed by atoms with Gasteiger partial charge in [-0.25, -0.2) is 0 Å². The summed E-state index contributed by atoms with van der Waals surface area (Å²) in [5.74, 6) is 1.96. The highest BCUT2D eigenvalue weighted by Gasteiger charge is 2.23. The Hall–Kier alpha value is -0.260. The van der Waals surface area contributed by atoms with Crippen molar-refractivity contribution in [3.05, 3.63) is 0 Å². The number of rotatable bonds is 4. The van der Waals surface area contributed by atoms with Gasteiger partial charge in [-0.05, 0) is 0 Å². The van der Waals surface area contributed by atoms with E-state index in [4.69, 9.17) is 5.11 Å². The molecule has 1 rings (SSSR count). The van der Waals surface area contributed by atoms with E-state index in [1.54, 1.807) is 11.8 Å². The Morgan fingerprint density at radius 3 is 2.93 bits per heavy atom. The Labute approximate surface area is 95.2 Å². The molecule has 0 bridgehead atoms. The molecule has 0 radical (unpaired) electrons. The van der Waals surface area contributed by atoms with Crippen molar-refractivity contribution < 1.29 is 9.90 Å². The quantitative estimate of drug-likeness (QED) is 0.629. The predicted octanol–water partition coefficient (Wildman–Crippen LogP) is -0.174. The summed E-state index contributed by atoms with van der Waals surface area (Å²) in [6.07, 6.45) is 0. The molecule has 1 fully saturated rings. The van der Waals surface area contributed by atoms with Crippen LogP contribution in [0.5, 0.6) is 0 Å². The SMILES string of the molecule is CC(C)(CO)CNC(=O)C1CSCCN1. The van der Waals surface area contributed by atoms with Gasteiger partial charge in [0.1, 0.15) is 0 Å². The molecule has 1 heterocycles. The Morgan fingerprint density at radius 2 is 2.40 bits per heavy atom. The molecule has 1 amide bonds. The summed E-state index contributed by atoms with van der Waals surface area (Å²) < 4.78 is 0. The summed E-state index contributed by atoms with van der Waals surface area (Å²) in [7, 11) is 0. The van der Waals surface area contributed by atoms with Crippen LogP contribution < -0.4 is 10.6 Å². The maximum Gasteiger partial charge on any atom is 0.238 e. The van der Waals surface area contributed by atoms with Crippen LogP contribution in [0.1, 0.15) is 13.8 Å². The van der Waals surface area contributed by atoms with Crippen molar-refractivity contribution in [1.29, 1.82) is 0 Å². The first kappa shape index (κ1) is 12.8. The van der Waals surface area contributed by atoms with Crippen molar-refractivity contribution in [2.45, 2.75) is 19.9 Å². The largest absolute Gasteiger partial charge is 0.396 e. The van der Waals surface area contributed by atoms with Gasteiger partial charge in [-0.2, -0.15) is 11.8 Å². The lowest BCUT2D eigenvalue weighted by atomic mass is 9.95. The molecule has 1 aliphatic rings. The molecule has 1 aliphatic heterocycles. The third-order valence-electron chi connectivity index (χ3n) is 2.41. The second-order valence-corrected chi connectivity index (χ2v) is 5.77. The van der Waals surface area contributed by atoms with E-state index in [9.17, 15) is 4.79 Å². The maximum atomic E-state index is 11.7. The number of amides is 1. The van der Waals surface area contributed by atoms with Gasteiger partial charge in [-0.3, -0.25) is 4.79 Å². The summed E-state index contributed by atoms with van der Waals surface area (Å²) >= 11 is 1.80. The van der Waals surface area contributed by atoms with E-state index < -0.39 is 0 Å². The van der Waals surface area contributed by atoms with Crippen LogP contribution in [-0.2, 0) is 4.79 Å². The molecule has 0 aromatic heterocycles. The molecule has 0 spiro atoms. The number of aliphatic hydroxyl groups is 1. The molecule has 5 heteroatoms. The van der Waals surface area contributed by atoms with E-state index in [2.05, 4.69) is 10.6 Å². The first-order valence-corrected chi connectivity index (χ1v) is 6.40. The van der Waals surface area contributed by atoms with Crippen LogP contribution in [0.25, 0.3) is 0 Å². The van der Waals surface area contributed by atoms with Crippen molar-refractivity contribution in [3.63, 3.8) is 0 Å². The minimum absolute atomic E-state index is 0.0451. The highest BCUT2D eigenvalue weighted by molar-refractivity contribution is 7.99. The standard InChI is InChI=1S/C10H20N2O2S/c1-10(2,7-13)6-12-9(14)8-5-15-4-3-11-8/h8,11,13H,3-7H2,1-2H3,(H,12,14). The highest BCUT2D eigenvalue weighted by Crippen LogP contribution is 2.12. The van der Waals surface area contributed by atoms with Crippen molar-refractivity contribution in [2.24, 2.45) is 5.41 Å². The first-order chi connectivity index (χ1) is 7.05. The van der Waals surface area contributed by atoms with Gasteiger partial charge in [-0.15, -0.1) is 0 Å². The van der Waals surface area contributed by atoms with E-state index in [0.29, 0.717) is 6.54 Å². The molecule has 88 valence electrons. The van der Waals surface area contributed by atoms with Gasteiger partial charge in [0.25, 0.3) is 0 Å². The summed E-state index contributed by atoms with van der Waals surface area (Å²) in [6.45, 7) is 5.35. The van der Waals surface area contributed by atoms with Crippen LogP contribution in [-0.4, -0.2) is 48.3 Å². The van der Waals surface area contributed by atoms with E-state index in [0.717, 1.165) is 18.1 Å². The second kappa shape index (κ2) is 5.72. The first-order valence-electron chi connectivity index (χ1n) is 5.25. The van der Waals surface area contributed by atoms with Crippen LogP contribution in [0.3, 0.4) is 0 Å². The Balaban J connectivity index is 2.28. The molecule has 4 nitrogen and oxygen atoms in total. The molecule has 0 aromatic carbocycles. The lowest BCUT2D eigenvalue weighted by Gasteiger charge is -2.26. The van der Waals surface area contributed by atoms with E-state index in [-0.39, 0.29) is 24.0 Å². The van der Waals surface area contributed by atoms with Gasteiger partial charge in [0.05, 0.1) is 6.04 Å². The van der Waals surface area contributed by atoms with Crippen LogP contribution in [0.4, 0.5) is 0 Å². The van der Waals surface area contributed by atoms with Crippen molar-refractivity contribution in [2.75, 3.05) is 31.2 Å². The Bertz CT molecular complexity index is 215. The smallest absolute Gasteiger partial charge is 0.238 e. The number of carbonyl (C=O) groups is 1. The van der Waals surface area contributed by atoms with Gasteiger partial charge in [0.2, 0.25) is 5.91 Å². The van der Waals surface area contributed by atoms with Gasteiger partial charge in [0.15, 0.2) is 0 Å². The van der Waals surface area contributed by atoms with Crippen molar-refractivity contribution in [3.8, 4) is 0 Å². The zero-order valence-electron chi connectivity index (χ0n) is 9.38. The lowest BCUT2D eigenvalue weighted by molar-refractivity contribution is -0.123. The Kier molecular flexibility index (Phi) is 4.89. The Morgan fingerprint density at radius 1 is 1.67 bits per heavy atom. The van der Waals surface area contributed by atoms with Gasteiger partial charge in [-0.1, -0.05) is 13.8 Å². The highest BCUT2D eigenvalue weighted by atomic mass is 32.2. The summed E-state index contributed by atoms with van der Waals surface area (Å²) in [5.41, 5.74) is -0.239. The number of carbonyl (C=O) groups excluding carboxylic acids is 1. The van der Waals surface area contributed by atoms with Crippen molar-refractivity contribution in [1.82, 2.24) is 10.6 Å². The zero-order chi connectivity index (χ0) is 11.3. The summed E-state index contributed by atoms with van der Waals surface area (Å²) in [4.78, 5) is 11.7.